The van der Waals surface area contributed by atoms with Crippen LogP contribution in [0.5, 0.6) is 17.2 Å². The Morgan fingerprint density at radius 1 is 0.839 bits per heavy atom. The molecule has 0 aliphatic carbocycles. The number of ether oxygens (including phenoxy) is 2. The summed E-state index contributed by atoms with van der Waals surface area (Å²) in [6, 6.07) is 20.3. The zero-order valence-corrected chi connectivity index (χ0v) is 17.2. The van der Waals surface area contributed by atoms with Gasteiger partial charge in [0, 0.05) is 0 Å². The molecule has 0 bridgehead atoms. The number of amides is 4. The predicted molar refractivity (Wildman–Crippen MR) is 119 cm³/mol. The van der Waals surface area contributed by atoms with Crippen LogP contribution in [0, 0.1) is 6.92 Å². The van der Waals surface area contributed by atoms with Gasteiger partial charge in [-0.15, -0.1) is 0 Å². The summed E-state index contributed by atoms with van der Waals surface area (Å²) >= 11 is 0. The molecule has 7 nitrogen and oxygen atoms in total. The molecule has 156 valence electrons. The van der Waals surface area contributed by atoms with Crippen molar-refractivity contribution in [2.45, 2.75) is 6.92 Å². The van der Waals surface area contributed by atoms with Gasteiger partial charge in [-0.25, -0.2) is 19.4 Å². The van der Waals surface area contributed by atoms with Gasteiger partial charge in [0.1, 0.15) is 23.1 Å². The minimum atomic E-state index is -0.573. The number of carbonyl (C=O) groups is 2. The van der Waals surface area contributed by atoms with Crippen molar-refractivity contribution in [3.63, 3.8) is 0 Å². The molecule has 0 atom stereocenters. The number of methoxy groups -OCH3 is 1. The largest absolute Gasteiger partial charge is 0.497 e. The Morgan fingerprint density at radius 3 is 2.16 bits per heavy atom. The number of imide groups is 1. The second-order valence-electron chi connectivity index (χ2n) is 6.89. The first-order chi connectivity index (χ1) is 15.0. The number of benzene rings is 3. The van der Waals surface area contributed by atoms with E-state index < -0.39 is 12.1 Å². The van der Waals surface area contributed by atoms with Gasteiger partial charge in [-0.05, 0) is 67.1 Å². The predicted octanol–water partition coefficient (Wildman–Crippen LogP) is 5.42. The molecule has 4 rings (SSSR count). The highest BCUT2D eigenvalue weighted by Gasteiger charge is 2.36. The Kier molecular flexibility index (Phi) is 5.32. The van der Waals surface area contributed by atoms with Crippen LogP contribution >= 0.6 is 0 Å². The highest BCUT2D eigenvalue weighted by Crippen LogP contribution is 2.32. The second-order valence-corrected chi connectivity index (χ2v) is 6.89. The average molecular weight is 415 g/mol. The van der Waals surface area contributed by atoms with E-state index in [0.29, 0.717) is 28.6 Å². The number of para-hydroxylation sites is 1. The van der Waals surface area contributed by atoms with Crippen LogP contribution in [0.2, 0.25) is 0 Å². The molecule has 3 aromatic rings. The van der Waals surface area contributed by atoms with Crippen molar-refractivity contribution in [3.05, 3.63) is 90.8 Å². The average Bonchev–Trinajstić information content (AvgIpc) is 2.76. The third kappa shape index (κ3) is 3.93. The maximum absolute atomic E-state index is 13.3. The van der Waals surface area contributed by atoms with E-state index in [-0.39, 0.29) is 5.82 Å². The van der Waals surface area contributed by atoms with Gasteiger partial charge in [0.2, 0.25) is 0 Å². The smallest absolute Gasteiger partial charge is 0.343 e. The first-order valence-corrected chi connectivity index (χ1v) is 9.59. The third-order valence-electron chi connectivity index (χ3n) is 4.83. The topological polar surface area (TPSA) is 71.1 Å². The first-order valence-electron chi connectivity index (χ1n) is 9.59. The van der Waals surface area contributed by atoms with Gasteiger partial charge in [0.05, 0.1) is 18.5 Å². The monoisotopic (exact) mass is 415 g/mol. The zero-order valence-electron chi connectivity index (χ0n) is 17.2. The summed E-state index contributed by atoms with van der Waals surface area (Å²) < 4.78 is 11.1. The molecule has 0 spiro atoms. The molecule has 0 aromatic heterocycles. The zero-order chi connectivity index (χ0) is 22.0. The van der Waals surface area contributed by atoms with Crippen LogP contribution in [0.1, 0.15) is 5.56 Å². The number of hydrogen-bond acceptors (Lipinski definition) is 4. The van der Waals surface area contributed by atoms with Crippen molar-refractivity contribution < 1.29 is 19.1 Å². The lowest BCUT2D eigenvalue weighted by Gasteiger charge is -2.36. The Labute approximate surface area is 180 Å². The molecule has 0 saturated carbocycles. The SMILES string of the molecule is C=C1NC(=O)N(c2ccc(Oc3ccccc3)c(C)c2)C(=O)N1c1ccc(OC)cc1. The molecule has 1 aliphatic rings. The Balaban J connectivity index is 1.63. The maximum atomic E-state index is 13.3. The first kappa shape index (κ1) is 20.0. The molecule has 31 heavy (non-hydrogen) atoms. The van der Waals surface area contributed by atoms with Crippen LogP contribution in [-0.4, -0.2) is 19.2 Å². The van der Waals surface area contributed by atoms with Gasteiger partial charge in [0.15, 0.2) is 0 Å². The lowest BCUT2D eigenvalue weighted by atomic mass is 10.1. The fourth-order valence-electron chi connectivity index (χ4n) is 3.27. The molecule has 7 heteroatoms. The van der Waals surface area contributed by atoms with Crippen LogP contribution in [-0.2, 0) is 0 Å². The second kappa shape index (κ2) is 8.23. The standard InChI is InChI=1S/C24H21N3O4/c1-16-15-19(11-14-22(16)31-21-7-5-4-6-8-21)27-23(28)25-17(2)26(24(27)29)18-9-12-20(30-3)13-10-18/h4-15H,2H2,1,3H3,(H,25,28). The summed E-state index contributed by atoms with van der Waals surface area (Å²) in [7, 11) is 1.56. The Hall–Kier alpha value is -4.26. The van der Waals surface area contributed by atoms with E-state index >= 15 is 0 Å². The van der Waals surface area contributed by atoms with Crippen molar-refractivity contribution in [3.8, 4) is 17.2 Å². The Morgan fingerprint density at radius 2 is 1.52 bits per heavy atom. The van der Waals surface area contributed by atoms with E-state index in [4.69, 9.17) is 9.47 Å². The third-order valence-corrected chi connectivity index (χ3v) is 4.83. The quantitative estimate of drug-likeness (QED) is 0.604. The van der Waals surface area contributed by atoms with Crippen molar-refractivity contribution in [1.82, 2.24) is 5.32 Å². The number of anilines is 2. The molecular formula is C24H21N3O4. The van der Waals surface area contributed by atoms with Gasteiger partial charge in [-0.3, -0.25) is 5.32 Å². The minimum absolute atomic E-state index is 0.178. The van der Waals surface area contributed by atoms with E-state index in [9.17, 15) is 9.59 Å². The molecule has 4 amide bonds. The molecule has 3 aromatic carbocycles. The van der Waals surface area contributed by atoms with E-state index in [1.807, 2.05) is 37.3 Å². The van der Waals surface area contributed by atoms with Crippen LogP contribution in [0.15, 0.2) is 85.2 Å². The van der Waals surface area contributed by atoms with Gasteiger partial charge < -0.3 is 9.47 Å². The van der Waals surface area contributed by atoms with Gasteiger partial charge in [-0.2, -0.15) is 0 Å². The maximum Gasteiger partial charge on any atom is 0.343 e. The number of urea groups is 2. The molecule has 0 radical (unpaired) electrons. The summed E-state index contributed by atoms with van der Waals surface area (Å²) in [4.78, 5) is 28.3. The van der Waals surface area contributed by atoms with Crippen molar-refractivity contribution >= 4 is 23.4 Å². The van der Waals surface area contributed by atoms with Crippen LogP contribution in [0.3, 0.4) is 0 Å². The highest BCUT2D eigenvalue weighted by molar-refractivity contribution is 6.22. The van der Waals surface area contributed by atoms with Gasteiger partial charge in [0.25, 0.3) is 0 Å². The Bertz CT molecular complexity index is 1140. The lowest BCUT2D eigenvalue weighted by molar-refractivity contribution is 0.235. The summed E-state index contributed by atoms with van der Waals surface area (Å²) in [6.45, 7) is 5.67. The number of aryl methyl sites for hydroxylation is 1. The molecule has 0 unspecified atom stereocenters. The number of carbonyl (C=O) groups excluding carboxylic acids is 2. The molecule has 1 saturated heterocycles. The van der Waals surface area contributed by atoms with Crippen LogP contribution in [0.25, 0.3) is 0 Å². The lowest BCUT2D eigenvalue weighted by Crippen LogP contribution is -2.58. The van der Waals surface area contributed by atoms with Crippen molar-refractivity contribution in [1.29, 1.82) is 0 Å². The molecule has 1 N–H and O–H groups in total. The molecule has 1 aliphatic heterocycles. The van der Waals surface area contributed by atoms with Crippen LogP contribution in [0.4, 0.5) is 21.0 Å². The normalized spacial score (nSPS) is 13.8. The number of rotatable bonds is 5. The van der Waals surface area contributed by atoms with Gasteiger partial charge in [-0.1, -0.05) is 24.8 Å². The van der Waals surface area contributed by atoms with Crippen molar-refractivity contribution in [2.75, 3.05) is 16.9 Å². The van der Waals surface area contributed by atoms with Crippen molar-refractivity contribution in [2.24, 2.45) is 0 Å². The minimum Gasteiger partial charge on any atom is -0.497 e. The summed E-state index contributed by atoms with van der Waals surface area (Å²) in [5.41, 5.74) is 1.76. The van der Waals surface area contributed by atoms with E-state index in [1.165, 1.54) is 4.90 Å². The van der Waals surface area contributed by atoms with E-state index in [1.54, 1.807) is 49.6 Å². The summed E-state index contributed by atoms with van der Waals surface area (Å²) in [6.07, 6.45) is 0. The molecular weight excluding hydrogens is 394 g/mol. The van der Waals surface area contributed by atoms with E-state index in [0.717, 1.165) is 10.5 Å². The fraction of sp³-hybridized carbons (Fsp3) is 0.0833. The summed E-state index contributed by atoms with van der Waals surface area (Å²) in [5.74, 6) is 2.17. The van der Waals surface area contributed by atoms with Crippen LogP contribution < -0.4 is 24.6 Å². The number of nitrogens with zero attached hydrogens (tertiary/aromatic N) is 2. The number of nitrogens with one attached hydrogen (secondary N) is 1. The summed E-state index contributed by atoms with van der Waals surface area (Å²) in [5, 5.41) is 2.64. The highest BCUT2D eigenvalue weighted by atomic mass is 16.5. The molecule has 1 fully saturated rings. The molecule has 1 heterocycles. The van der Waals surface area contributed by atoms with E-state index in [2.05, 4.69) is 11.9 Å². The van der Waals surface area contributed by atoms with Gasteiger partial charge >= 0.3 is 12.1 Å². The fourth-order valence-corrected chi connectivity index (χ4v) is 3.27. The number of hydrogen-bond donors (Lipinski definition) is 1.